The first-order valence-corrected chi connectivity index (χ1v) is 6.14. The van der Waals surface area contributed by atoms with Crippen LogP contribution in [0.5, 0.6) is 0 Å². The average Bonchev–Trinajstić information content (AvgIpc) is 2.76. The van der Waals surface area contributed by atoms with Gasteiger partial charge in [-0.3, -0.25) is 4.79 Å². The second-order valence-electron chi connectivity index (χ2n) is 4.89. The smallest absolute Gasteiger partial charge is 0.407 e. The maximum Gasteiger partial charge on any atom is 0.407 e. The third-order valence-corrected chi connectivity index (χ3v) is 3.56. The zero-order chi connectivity index (χ0) is 13.1. The summed E-state index contributed by atoms with van der Waals surface area (Å²) in [7, 11) is 1.32. The largest absolute Gasteiger partial charge is 0.453 e. The van der Waals surface area contributed by atoms with Gasteiger partial charge in [0.25, 0.3) is 0 Å². The number of amides is 2. The third-order valence-electron chi connectivity index (χ3n) is 2.90. The van der Waals surface area contributed by atoms with Gasteiger partial charge in [0.05, 0.1) is 18.6 Å². The summed E-state index contributed by atoms with van der Waals surface area (Å²) in [5, 5.41) is 2.69. The molecule has 1 heterocycles. The second-order valence-corrected chi connectivity index (χ2v) is 5.16. The Morgan fingerprint density at radius 3 is 2.71 bits per heavy atom. The van der Waals surface area contributed by atoms with Gasteiger partial charge >= 0.3 is 6.09 Å². The summed E-state index contributed by atoms with van der Waals surface area (Å²) in [5.41, 5.74) is -0.554. The maximum absolute atomic E-state index is 12.1. The van der Waals surface area contributed by atoms with Gasteiger partial charge in [0.2, 0.25) is 5.91 Å². The Balaban J connectivity index is 2.50. The van der Waals surface area contributed by atoms with Crippen LogP contribution in [0.25, 0.3) is 0 Å². The molecule has 0 aromatic rings. The SMILES string of the molecule is COC(=O)NC1CCN(C(=O)C(C)(C)CCl)C1. The monoisotopic (exact) mass is 262 g/mol. The van der Waals surface area contributed by atoms with Crippen LogP contribution in [-0.4, -0.2) is 49.0 Å². The molecule has 0 saturated carbocycles. The molecule has 1 saturated heterocycles. The van der Waals surface area contributed by atoms with Crippen LogP contribution in [0, 0.1) is 5.41 Å². The average molecular weight is 263 g/mol. The fourth-order valence-electron chi connectivity index (χ4n) is 1.77. The van der Waals surface area contributed by atoms with E-state index in [0.717, 1.165) is 6.42 Å². The van der Waals surface area contributed by atoms with E-state index in [1.807, 2.05) is 13.8 Å². The van der Waals surface area contributed by atoms with E-state index in [9.17, 15) is 9.59 Å². The van der Waals surface area contributed by atoms with Crippen molar-refractivity contribution >= 4 is 23.6 Å². The van der Waals surface area contributed by atoms with Crippen molar-refractivity contribution in [2.24, 2.45) is 5.41 Å². The number of alkyl carbamates (subject to hydrolysis) is 1. The molecule has 1 aliphatic rings. The minimum atomic E-state index is -0.554. The van der Waals surface area contributed by atoms with Crippen LogP contribution >= 0.6 is 11.6 Å². The van der Waals surface area contributed by atoms with E-state index >= 15 is 0 Å². The normalized spacial score (nSPS) is 20.2. The zero-order valence-electron chi connectivity index (χ0n) is 10.5. The van der Waals surface area contributed by atoms with Gasteiger partial charge in [0.1, 0.15) is 0 Å². The predicted octanol–water partition coefficient (Wildman–Crippen LogP) is 1.21. The summed E-state index contributed by atoms with van der Waals surface area (Å²) in [5.74, 6) is 0.318. The molecule has 1 unspecified atom stereocenters. The number of alkyl halides is 1. The van der Waals surface area contributed by atoms with Crippen molar-refractivity contribution in [2.75, 3.05) is 26.1 Å². The molecule has 1 rings (SSSR count). The molecular weight excluding hydrogens is 244 g/mol. The Morgan fingerprint density at radius 1 is 1.53 bits per heavy atom. The number of hydrogen-bond acceptors (Lipinski definition) is 3. The van der Waals surface area contributed by atoms with Gasteiger partial charge in [0.15, 0.2) is 0 Å². The van der Waals surface area contributed by atoms with Crippen molar-refractivity contribution in [3.05, 3.63) is 0 Å². The standard InChI is InChI=1S/C11H19ClN2O3/c1-11(2,7-12)9(15)14-5-4-8(6-14)13-10(16)17-3/h8H,4-7H2,1-3H3,(H,13,16). The van der Waals surface area contributed by atoms with Crippen LogP contribution in [0.15, 0.2) is 0 Å². The lowest BCUT2D eigenvalue weighted by atomic mass is 9.94. The molecule has 1 aliphatic heterocycles. The minimum Gasteiger partial charge on any atom is -0.453 e. The van der Waals surface area contributed by atoms with Crippen molar-refractivity contribution in [3.8, 4) is 0 Å². The van der Waals surface area contributed by atoms with E-state index in [-0.39, 0.29) is 17.8 Å². The Kier molecular flexibility index (Phi) is 4.62. The van der Waals surface area contributed by atoms with Gasteiger partial charge in [-0.2, -0.15) is 0 Å². The van der Waals surface area contributed by atoms with Crippen molar-refractivity contribution < 1.29 is 14.3 Å². The summed E-state index contributed by atoms with van der Waals surface area (Å²) in [6, 6.07) is -0.0301. The number of methoxy groups -OCH3 is 1. The highest BCUT2D eigenvalue weighted by atomic mass is 35.5. The Labute approximate surface area is 106 Å². The van der Waals surface area contributed by atoms with Crippen LogP contribution in [0.4, 0.5) is 4.79 Å². The molecule has 17 heavy (non-hydrogen) atoms. The quantitative estimate of drug-likeness (QED) is 0.778. The summed E-state index contributed by atoms with van der Waals surface area (Å²) < 4.78 is 4.52. The summed E-state index contributed by atoms with van der Waals surface area (Å²) in [6.07, 6.45) is 0.292. The molecule has 0 aromatic carbocycles. The first-order valence-electron chi connectivity index (χ1n) is 5.60. The van der Waals surface area contributed by atoms with E-state index in [1.165, 1.54) is 7.11 Å². The van der Waals surface area contributed by atoms with E-state index < -0.39 is 11.5 Å². The lowest BCUT2D eigenvalue weighted by molar-refractivity contribution is -0.138. The molecule has 1 N–H and O–H groups in total. The topological polar surface area (TPSA) is 58.6 Å². The molecule has 6 heteroatoms. The molecule has 0 aromatic heterocycles. The Hall–Kier alpha value is -0.970. The molecule has 98 valence electrons. The molecule has 5 nitrogen and oxygen atoms in total. The number of nitrogens with one attached hydrogen (secondary N) is 1. The fraction of sp³-hybridized carbons (Fsp3) is 0.818. The number of nitrogens with zero attached hydrogens (tertiary/aromatic N) is 1. The van der Waals surface area contributed by atoms with Gasteiger partial charge < -0.3 is 15.0 Å². The molecular formula is C11H19ClN2O3. The highest BCUT2D eigenvalue weighted by Gasteiger charge is 2.35. The van der Waals surface area contributed by atoms with Crippen LogP contribution < -0.4 is 5.32 Å². The molecule has 0 bridgehead atoms. The van der Waals surface area contributed by atoms with Gasteiger partial charge in [-0.25, -0.2) is 4.79 Å². The molecule has 1 atom stereocenters. The van der Waals surface area contributed by atoms with Crippen LogP contribution in [0.3, 0.4) is 0 Å². The lowest BCUT2D eigenvalue weighted by Gasteiger charge is -2.27. The number of carbonyl (C=O) groups excluding carboxylic acids is 2. The highest BCUT2D eigenvalue weighted by Crippen LogP contribution is 2.23. The number of hydrogen-bond donors (Lipinski definition) is 1. The third kappa shape index (κ3) is 3.49. The van der Waals surface area contributed by atoms with Crippen LogP contribution in [0.2, 0.25) is 0 Å². The lowest BCUT2D eigenvalue weighted by Crippen LogP contribution is -2.43. The summed E-state index contributed by atoms with van der Waals surface area (Å²) in [4.78, 5) is 24.9. The summed E-state index contributed by atoms with van der Waals surface area (Å²) in [6.45, 7) is 4.81. The van der Waals surface area contributed by atoms with Crippen LogP contribution in [0.1, 0.15) is 20.3 Å². The minimum absolute atomic E-state index is 0.0293. The number of likely N-dealkylation sites (tertiary alicyclic amines) is 1. The fourth-order valence-corrected chi connectivity index (χ4v) is 1.89. The molecule has 0 radical (unpaired) electrons. The van der Waals surface area contributed by atoms with Crippen molar-refractivity contribution in [3.63, 3.8) is 0 Å². The maximum atomic E-state index is 12.1. The zero-order valence-corrected chi connectivity index (χ0v) is 11.2. The Morgan fingerprint density at radius 2 is 2.18 bits per heavy atom. The van der Waals surface area contributed by atoms with Crippen molar-refractivity contribution in [1.29, 1.82) is 0 Å². The second kappa shape index (κ2) is 5.58. The van der Waals surface area contributed by atoms with Gasteiger partial charge in [-0.05, 0) is 20.3 Å². The molecule has 0 aliphatic carbocycles. The van der Waals surface area contributed by atoms with Gasteiger partial charge in [-0.15, -0.1) is 11.6 Å². The van der Waals surface area contributed by atoms with Gasteiger partial charge in [-0.1, -0.05) is 0 Å². The van der Waals surface area contributed by atoms with Gasteiger partial charge in [0, 0.05) is 19.0 Å². The first-order chi connectivity index (χ1) is 7.90. The van der Waals surface area contributed by atoms with E-state index in [1.54, 1.807) is 4.90 Å². The summed E-state index contributed by atoms with van der Waals surface area (Å²) >= 11 is 5.77. The van der Waals surface area contributed by atoms with Crippen LogP contribution in [-0.2, 0) is 9.53 Å². The van der Waals surface area contributed by atoms with E-state index in [0.29, 0.717) is 13.1 Å². The number of carbonyl (C=O) groups is 2. The van der Waals surface area contributed by atoms with E-state index in [4.69, 9.17) is 11.6 Å². The molecule has 1 fully saturated rings. The molecule has 2 amide bonds. The highest BCUT2D eigenvalue weighted by molar-refractivity contribution is 6.19. The number of ether oxygens (including phenoxy) is 1. The Bertz CT molecular complexity index is 307. The molecule has 0 spiro atoms. The van der Waals surface area contributed by atoms with E-state index in [2.05, 4.69) is 10.1 Å². The van der Waals surface area contributed by atoms with Crippen molar-refractivity contribution in [2.45, 2.75) is 26.3 Å². The predicted molar refractivity (Wildman–Crippen MR) is 65.0 cm³/mol. The first kappa shape index (κ1) is 14.1. The number of rotatable bonds is 3. The number of halogens is 1. The van der Waals surface area contributed by atoms with Crippen molar-refractivity contribution in [1.82, 2.24) is 10.2 Å².